The highest BCUT2D eigenvalue weighted by molar-refractivity contribution is 9.10. The first-order chi connectivity index (χ1) is 11.9. The summed E-state index contributed by atoms with van der Waals surface area (Å²) >= 11 is 2.90. The highest BCUT2D eigenvalue weighted by Crippen LogP contribution is 2.72. The van der Waals surface area contributed by atoms with Crippen LogP contribution in [0, 0.1) is 40.7 Å². The van der Waals surface area contributed by atoms with Gasteiger partial charge in [-0.3, -0.25) is 9.59 Å². The molecule has 3 aliphatic rings. The maximum atomic E-state index is 14.1. The average Bonchev–Trinajstić information content (AvgIpc) is 3.27. The van der Waals surface area contributed by atoms with Gasteiger partial charge in [0.05, 0.1) is 29.1 Å². The zero-order chi connectivity index (χ0) is 17.9. The van der Waals surface area contributed by atoms with E-state index in [0.29, 0.717) is 0 Å². The quantitative estimate of drug-likeness (QED) is 0.469. The minimum absolute atomic E-state index is 0.0183. The van der Waals surface area contributed by atoms with E-state index in [1.54, 1.807) is 0 Å². The second kappa shape index (κ2) is 5.62. The number of ether oxygens (including phenoxy) is 1. The van der Waals surface area contributed by atoms with Crippen LogP contribution in [0.25, 0.3) is 0 Å². The number of halogens is 3. The number of anilines is 1. The molecule has 0 aromatic heterocycles. The fourth-order valence-electron chi connectivity index (χ4n) is 4.65. The van der Waals surface area contributed by atoms with Crippen molar-refractivity contribution in [1.29, 1.82) is 0 Å². The molecule has 0 radical (unpaired) electrons. The van der Waals surface area contributed by atoms with Gasteiger partial charge >= 0.3 is 5.97 Å². The molecule has 2 bridgehead atoms. The summed E-state index contributed by atoms with van der Waals surface area (Å²) in [5.74, 6) is -4.38. The summed E-state index contributed by atoms with van der Waals surface area (Å²) in [5, 5.41) is 2.46. The Morgan fingerprint density at radius 2 is 1.80 bits per heavy atom. The van der Waals surface area contributed by atoms with Crippen LogP contribution in [0.4, 0.5) is 14.5 Å². The molecule has 1 aromatic rings. The van der Waals surface area contributed by atoms with Crippen molar-refractivity contribution in [3.8, 4) is 0 Å². The van der Waals surface area contributed by atoms with Gasteiger partial charge in [0.15, 0.2) is 11.6 Å². The van der Waals surface area contributed by atoms with Crippen LogP contribution in [0.2, 0.25) is 0 Å². The zero-order valence-electron chi connectivity index (χ0n) is 13.4. The van der Waals surface area contributed by atoms with Gasteiger partial charge in [0.1, 0.15) is 0 Å². The Balaban J connectivity index is 1.64. The van der Waals surface area contributed by atoms with Crippen molar-refractivity contribution >= 4 is 33.5 Å². The van der Waals surface area contributed by atoms with E-state index >= 15 is 0 Å². The van der Waals surface area contributed by atoms with Crippen LogP contribution >= 0.6 is 15.9 Å². The molecule has 1 spiro atoms. The SMILES string of the molecule is COC(=O)[C@H]1[C@H](C(=O)Nc2ccc(Br)c(F)c2F)[C@@H]2C=C[C@H]1C21CC1. The van der Waals surface area contributed by atoms with E-state index in [1.165, 1.54) is 19.2 Å². The molecular formula is C18H16BrF2NO3. The van der Waals surface area contributed by atoms with E-state index in [4.69, 9.17) is 4.74 Å². The monoisotopic (exact) mass is 411 g/mol. The van der Waals surface area contributed by atoms with E-state index in [-0.39, 0.29) is 27.4 Å². The van der Waals surface area contributed by atoms with Crippen LogP contribution in [0.5, 0.6) is 0 Å². The highest BCUT2D eigenvalue weighted by atomic mass is 79.9. The van der Waals surface area contributed by atoms with Gasteiger partial charge in [0.25, 0.3) is 0 Å². The zero-order valence-corrected chi connectivity index (χ0v) is 15.0. The molecule has 1 N–H and O–H groups in total. The smallest absolute Gasteiger partial charge is 0.310 e. The van der Waals surface area contributed by atoms with Gasteiger partial charge in [-0.25, -0.2) is 8.78 Å². The number of allylic oxidation sites excluding steroid dienone is 2. The van der Waals surface area contributed by atoms with Crippen molar-refractivity contribution in [3.63, 3.8) is 0 Å². The number of esters is 1. The lowest BCUT2D eigenvalue weighted by Crippen LogP contribution is -2.37. The van der Waals surface area contributed by atoms with Gasteiger partial charge in [-0.05, 0) is 58.2 Å². The summed E-state index contributed by atoms with van der Waals surface area (Å²) in [6, 6.07) is 2.62. The molecule has 7 heteroatoms. The molecule has 1 aromatic carbocycles. The maximum absolute atomic E-state index is 14.1. The number of methoxy groups -OCH3 is 1. The predicted molar refractivity (Wildman–Crippen MR) is 89.5 cm³/mol. The molecule has 0 heterocycles. The van der Waals surface area contributed by atoms with Gasteiger partial charge in [0, 0.05) is 0 Å². The van der Waals surface area contributed by atoms with Crippen LogP contribution in [-0.4, -0.2) is 19.0 Å². The first-order valence-electron chi connectivity index (χ1n) is 8.11. The fourth-order valence-corrected chi connectivity index (χ4v) is 4.96. The third-order valence-electron chi connectivity index (χ3n) is 5.91. The van der Waals surface area contributed by atoms with E-state index < -0.39 is 35.3 Å². The Hall–Kier alpha value is -1.76. The van der Waals surface area contributed by atoms with Crippen LogP contribution in [-0.2, 0) is 14.3 Å². The van der Waals surface area contributed by atoms with Gasteiger partial charge < -0.3 is 10.1 Å². The number of hydrogen-bond donors (Lipinski definition) is 1. The molecule has 4 atom stereocenters. The average molecular weight is 412 g/mol. The molecule has 132 valence electrons. The highest BCUT2D eigenvalue weighted by Gasteiger charge is 2.70. The fraction of sp³-hybridized carbons (Fsp3) is 0.444. The Morgan fingerprint density at radius 3 is 2.40 bits per heavy atom. The first-order valence-corrected chi connectivity index (χ1v) is 8.90. The lowest BCUT2D eigenvalue weighted by atomic mass is 9.82. The molecule has 4 nitrogen and oxygen atoms in total. The van der Waals surface area contributed by atoms with Crippen molar-refractivity contribution in [1.82, 2.24) is 0 Å². The second-order valence-electron chi connectivity index (χ2n) is 6.96. The Bertz CT molecular complexity index is 806. The molecule has 3 aliphatic carbocycles. The molecule has 25 heavy (non-hydrogen) atoms. The number of carbonyl (C=O) groups excluding carboxylic acids is 2. The molecule has 2 fully saturated rings. The van der Waals surface area contributed by atoms with Crippen molar-refractivity contribution in [2.24, 2.45) is 29.1 Å². The Morgan fingerprint density at radius 1 is 1.16 bits per heavy atom. The molecular weight excluding hydrogens is 396 g/mol. The minimum Gasteiger partial charge on any atom is -0.469 e. The minimum atomic E-state index is -1.13. The van der Waals surface area contributed by atoms with E-state index in [0.717, 1.165) is 12.8 Å². The summed E-state index contributed by atoms with van der Waals surface area (Å²) < 4.78 is 32.6. The normalized spacial score (nSPS) is 30.6. The molecule has 0 unspecified atom stereocenters. The molecule has 0 saturated heterocycles. The maximum Gasteiger partial charge on any atom is 0.310 e. The van der Waals surface area contributed by atoms with Gasteiger partial charge in [-0.2, -0.15) is 0 Å². The van der Waals surface area contributed by atoms with E-state index in [9.17, 15) is 18.4 Å². The van der Waals surface area contributed by atoms with Crippen LogP contribution in [0.1, 0.15) is 12.8 Å². The third kappa shape index (κ3) is 2.28. The standard InChI is InChI=1S/C18H16BrF2NO3/c1-25-17(24)13-9-3-2-8(18(9)6-7-18)12(13)16(23)22-11-5-4-10(19)14(20)15(11)21/h2-5,8-9,12-13H,6-7H2,1H3,(H,22,23)/t8-,9+,12+,13+/m0/s1. The van der Waals surface area contributed by atoms with E-state index in [1.807, 2.05) is 12.2 Å². The van der Waals surface area contributed by atoms with Gasteiger partial charge in [0.2, 0.25) is 5.91 Å². The molecule has 4 rings (SSSR count). The number of rotatable bonds is 3. The second-order valence-corrected chi connectivity index (χ2v) is 7.81. The van der Waals surface area contributed by atoms with Crippen molar-refractivity contribution < 1.29 is 23.1 Å². The van der Waals surface area contributed by atoms with Crippen LogP contribution in [0.15, 0.2) is 28.8 Å². The van der Waals surface area contributed by atoms with Crippen molar-refractivity contribution in [2.75, 3.05) is 12.4 Å². The number of hydrogen-bond acceptors (Lipinski definition) is 3. The van der Waals surface area contributed by atoms with Crippen molar-refractivity contribution in [2.45, 2.75) is 12.8 Å². The van der Waals surface area contributed by atoms with E-state index in [2.05, 4.69) is 21.2 Å². The van der Waals surface area contributed by atoms with Gasteiger partial charge in [-0.1, -0.05) is 12.2 Å². The van der Waals surface area contributed by atoms with Crippen LogP contribution in [0.3, 0.4) is 0 Å². The van der Waals surface area contributed by atoms with Crippen LogP contribution < -0.4 is 5.32 Å². The lowest BCUT2D eigenvalue weighted by Gasteiger charge is -2.25. The number of nitrogens with one attached hydrogen (secondary N) is 1. The first kappa shape index (κ1) is 16.7. The van der Waals surface area contributed by atoms with Gasteiger partial charge in [-0.15, -0.1) is 0 Å². The number of carbonyl (C=O) groups is 2. The third-order valence-corrected chi connectivity index (χ3v) is 6.52. The Labute approximate surface area is 151 Å². The summed E-state index contributed by atoms with van der Waals surface area (Å²) in [6.07, 6.45) is 5.92. The molecule has 2 saturated carbocycles. The summed E-state index contributed by atoms with van der Waals surface area (Å²) in [4.78, 5) is 25.1. The lowest BCUT2D eigenvalue weighted by molar-refractivity contribution is -0.150. The number of benzene rings is 1. The number of amides is 1. The molecule has 1 amide bonds. The van der Waals surface area contributed by atoms with Crippen molar-refractivity contribution in [3.05, 3.63) is 40.4 Å². The summed E-state index contributed by atoms with van der Waals surface area (Å²) in [5.41, 5.74) is -0.268. The Kier molecular flexibility index (Phi) is 3.76. The predicted octanol–water partition coefficient (Wildman–Crippen LogP) is 3.67. The molecule has 0 aliphatic heterocycles. The summed E-state index contributed by atoms with van der Waals surface area (Å²) in [6.45, 7) is 0. The topological polar surface area (TPSA) is 55.4 Å². The largest absolute Gasteiger partial charge is 0.469 e. The summed E-state index contributed by atoms with van der Waals surface area (Å²) in [7, 11) is 1.30.